The summed E-state index contributed by atoms with van der Waals surface area (Å²) in [6.07, 6.45) is -4.55. The van der Waals surface area contributed by atoms with Gasteiger partial charge in [-0.3, -0.25) is 4.79 Å². The minimum Gasteiger partial charge on any atom is -0.348 e. The Hall–Kier alpha value is -1.09. The molecule has 0 aromatic carbocycles. The summed E-state index contributed by atoms with van der Waals surface area (Å²) in [6, 6.07) is -0.806. The van der Waals surface area contributed by atoms with E-state index in [0.717, 1.165) is 0 Å². The summed E-state index contributed by atoms with van der Waals surface area (Å²) in [5, 5.41) is 1.36. The van der Waals surface area contributed by atoms with Gasteiger partial charge < -0.3 is 5.32 Å². The molecule has 0 atom stereocenters. The first-order valence-electron chi connectivity index (χ1n) is 4.67. The van der Waals surface area contributed by atoms with E-state index in [0.29, 0.717) is 0 Å². The van der Waals surface area contributed by atoms with Gasteiger partial charge in [-0.2, -0.15) is 26.3 Å². The first kappa shape index (κ1) is 15.0. The zero-order valence-corrected chi connectivity index (χ0v) is 8.50. The Kier molecular flexibility index (Phi) is 3.52. The van der Waals surface area contributed by atoms with Crippen molar-refractivity contribution in [3.63, 3.8) is 0 Å². The Labute approximate surface area is 95.3 Å². The third-order valence-electron chi connectivity index (χ3n) is 2.28. The van der Waals surface area contributed by atoms with Crippen LogP contribution >= 0.6 is 0 Å². The molecule has 0 saturated heterocycles. The summed E-state index contributed by atoms with van der Waals surface area (Å²) >= 11 is 0. The number of amides is 1. The molecule has 0 heterocycles. The first-order chi connectivity index (χ1) is 7.94. The maximum Gasteiger partial charge on any atom is 0.392 e. The summed E-state index contributed by atoms with van der Waals surface area (Å²) in [7, 11) is 0. The van der Waals surface area contributed by atoms with Crippen LogP contribution in [0.4, 0.5) is 35.1 Å². The molecule has 1 fully saturated rings. The van der Waals surface area contributed by atoms with E-state index in [-0.39, 0.29) is 12.8 Å². The molecule has 1 N–H and O–H groups in total. The van der Waals surface area contributed by atoms with E-state index >= 15 is 0 Å². The number of halogens is 8. The highest BCUT2D eigenvalue weighted by Gasteiger charge is 2.78. The molecule has 18 heavy (non-hydrogen) atoms. The molecule has 0 bridgehead atoms. The van der Waals surface area contributed by atoms with Gasteiger partial charge >= 0.3 is 24.2 Å². The number of carbonyl (C=O) groups excluding carboxylic acids is 1. The van der Waals surface area contributed by atoms with Gasteiger partial charge in [-0.1, -0.05) is 0 Å². The number of alkyl halides is 8. The lowest BCUT2D eigenvalue weighted by Gasteiger charge is -2.31. The number of nitrogens with one attached hydrogen (secondary N) is 1. The lowest BCUT2D eigenvalue weighted by molar-refractivity contribution is -0.327. The van der Waals surface area contributed by atoms with Crippen LogP contribution < -0.4 is 5.32 Å². The first-order valence-corrected chi connectivity index (χ1v) is 4.67. The molecule has 1 saturated carbocycles. The molecular weight excluding hydrogens is 278 g/mol. The molecule has 0 aromatic heterocycles. The van der Waals surface area contributed by atoms with Gasteiger partial charge in [0, 0.05) is 6.04 Å². The van der Waals surface area contributed by atoms with Crippen LogP contribution in [0.15, 0.2) is 0 Å². The fraction of sp³-hybridized carbons (Fsp3) is 0.875. The zero-order chi connectivity index (χ0) is 14.4. The fourth-order valence-corrected chi connectivity index (χ4v) is 0.993. The van der Waals surface area contributed by atoms with Gasteiger partial charge in [0.2, 0.25) is 0 Å². The zero-order valence-electron chi connectivity index (χ0n) is 8.50. The molecule has 0 unspecified atom stereocenters. The van der Waals surface area contributed by atoms with Crippen molar-refractivity contribution >= 4 is 5.91 Å². The second-order valence-electron chi connectivity index (χ2n) is 3.82. The normalized spacial score (nSPS) is 18.1. The topological polar surface area (TPSA) is 29.1 Å². The van der Waals surface area contributed by atoms with Crippen LogP contribution in [0.25, 0.3) is 0 Å². The van der Waals surface area contributed by atoms with E-state index in [1.54, 1.807) is 0 Å². The predicted octanol–water partition coefficient (Wildman–Crippen LogP) is 2.44. The second kappa shape index (κ2) is 4.23. The molecule has 106 valence electrons. The standard InChI is InChI=1S/C8H7F8NO/c9-4(10)6(11,12)8(15,16)7(13,14)5(18)17-3-1-2-3/h3-4H,1-2H2,(H,17,18). The lowest BCUT2D eigenvalue weighted by Crippen LogP contribution is -2.63. The minimum absolute atomic E-state index is 0.235. The van der Waals surface area contributed by atoms with Crippen LogP contribution in [-0.2, 0) is 4.79 Å². The van der Waals surface area contributed by atoms with E-state index in [9.17, 15) is 39.9 Å². The fourth-order valence-electron chi connectivity index (χ4n) is 0.993. The monoisotopic (exact) mass is 285 g/mol. The van der Waals surface area contributed by atoms with Crippen molar-refractivity contribution in [2.24, 2.45) is 0 Å². The van der Waals surface area contributed by atoms with E-state index in [4.69, 9.17) is 0 Å². The summed E-state index contributed by atoms with van der Waals surface area (Å²) in [4.78, 5) is 10.7. The Morgan fingerprint density at radius 3 is 1.83 bits per heavy atom. The Balaban J connectivity index is 2.96. The van der Waals surface area contributed by atoms with Crippen LogP contribution in [0.2, 0.25) is 0 Å². The second-order valence-corrected chi connectivity index (χ2v) is 3.82. The van der Waals surface area contributed by atoms with Crippen molar-refractivity contribution < 1.29 is 39.9 Å². The van der Waals surface area contributed by atoms with Gasteiger partial charge in [-0.25, -0.2) is 8.78 Å². The van der Waals surface area contributed by atoms with Crippen LogP contribution in [0, 0.1) is 0 Å². The van der Waals surface area contributed by atoms with Crippen molar-refractivity contribution in [1.82, 2.24) is 5.32 Å². The van der Waals surface area contributed by atoms with Crippen molar-refractivity contribution in [2.45, 2.75) is 43.1 Å². The van der Waals surface area contributed by atoms with Gasteiger partial charge in [0.25, 0.3) is 5.91 Å². The maximum atomic E-state index is 12.9. The van der Waals surface area contributed by atoms with Crippen LogP contribution in [0.5, 0.6) is 0 Å². The summed E-state index contributed by atoms with van der Waals surface area (Å²) in [5.74, 6) is -21.4. The van der Waals surface area contributed by atoms with Gasteiger partial charge in [-0.05, 0) is 12.8 Å². The van der Waals surface area contributed by atoms with E-state index in [2.05, 4.69) is 0 Å². The predicted molar refractivity (Wildman–Crippen MR) is 42.0 cm³/mol. The molecule has 0 spiro atoms. The van der Waals surface area contributed by atoms with Crippen molar-refractivity contribution in [3.05, 3.63) is 0 Å². The maximum absolute atomic E-state index is 12.9. The van der Waals surface area contributed by atoms with Crippen LogP contribution in [0.3, 0.4) is 0 Å². The lowest BCUT2D eigenvalue weighted by atomic mass is 10.0. The largest absolute Gasteiger partial charge is 0.392 e. The van der Waals surface area contributed by atoms with Gasteiger partial charge in [-0.15, -0.1) is 0 Å². The molecule has 1 aliphatic rings. The molecule has 1 amide bonds. The third-order valence-corrected chi connectivity index (χ3v) is 2.28. The van der Waals surface area contributed by atoms with Crippen molar-refractivity contribution in [3.8, 4) is 0 Å². The molecule has 10 heteroatoms. The van der Waals surface area contributed by atoms with E-state index in [1.165, 1.54) is 5.32 Å². The summed E-state index contributed by atoms with van der Waals surface area (Å²) in [6.45, 7) is 0. The number of hydrogen-bond acceptors (Lipinski definition) is 1. The van der Waals surface area contributed by atoms with Crippen molar-refractivity contribution in [2.75, 3.05) is 0 Å². The molecule has 2 nitrogen and oxygen atoms in total. The highest BCUT2D eigenvalue weighted by molar-refractivity contribution is 5.85. The molecule has 0 radical (unpaired) electrons. The average Bonchev–Trinajstić information content (AvgIpc) is 3.00. The molecular formula is C8H7F8NO. The van der Waals surface area contributed by atoms with Gasteiger partial charge in [0.05, 0.1) is 0 Å². The SMILES string of the molecule is O=C(NC1CC1)C(F)(F)C(F)(F)C(F)(F)C(F)F. The Morgan fingerprint density at radius 2 is 1.50 bits per heavy atom. The molecule has 1 rings (SSSR count). The molecule has 0 aliphatic heterocycles. The summed E-state index contributed by atoms with van der Waals surface area (Å²) < 4.78 is 99.3. The Bertz CT molecular complexity index is 338. The minimum atomic E-state index is -6.48. The number of carbonyl (C=O) groups is 1. The quantitative estimate of drug-likeness (QED) is 0.772. The molecule has 0 aromatic rings. The summed E-state index contributed by atoms with van der Waals surface area (Å²) in [5.41, 5.74) is 0. The number of rotatable bonds is 5. The number of hydrogen-bond donors (Lipinski definition) is 1. The average molecular weight is 285 g/mol. The third kappa shape index (κ3) is 2.24. The van der Waals surface area contributed by atoms with Crippen LogP contribution in [-0.4, -0.2) is 36.1 Å². The highest BCUT2D eigenvalue weighted by Crippen LogP contribution is 2.48. The van der Waals surface area contributed by atoms with Crippen LogP contribution in [0.1, 0.15) is 12.8 Å². The highest BCUT2D eigenvalue weighted by atomic mass is 19.4. The molecule has 1 aliphatic carbocycles. The van der Waals surface area contributed by atoms with E-state index < -0.39 is 36.1 Å². The van der Waals surface area contributed by atoms with E-state index in [1.807, 2.05) is 0 Å². The van der Waals surface area contributed by atoms with Gasteiger partial charge in [0.1, 0.15) is 0 Å². The van der Waals surface area contributed by atoms with Gasteiger partial charge in [0.15, 0.2) is 0 Å². The smallest absolute Gasteiger partial charge is 0.348 e. The van der Waals surface area contributed by atoms with Crippen molar-refractivity contribution in [1.29, 1.82) is 0 Å². The Morgan fingerprint density at radius 1 is 1.06 bits per heavy atom.